The Balaban J connectivity index is 2.00. The van der Waals surface area contributed by atoms with Crippen LogP contribution < -0.4 is 14.2 Å². The van der Waals surface area contributed by atoms with Crippen molar-refractivity contribution in [2.24, 2.45) is 5.92 Å². The number of carbonyl (C=O) groups is 2. The molecule has 174 valence electrons. The summed E-state index contributed by atoms with van der Waals surface area (Å²) in [6.45, 7) is 8.61. The van der Waals surface area contributed by atoms with Gasteiger partial charge in [-0.2, -0.15) is 0 Å². The number of aliphatic hydroxyl groups excluding tert-OH is 1. The van der Waals surface area contributed by atoms with Crippen LogP contribution in [-0.2, 0) is 9.59 Å². The first-order chi connectivity index (χ1) is 15.8. The topological polar surface area (TPSA) is 85.3 Å². The van der Waals surface area contributed by atoms with E-state index in [9.17, 15) is 14.7 Å². The van der Waals surface area contributed by atoms with E-state index in [1.165, 1.54) is 19.1 Å². The third-order valence-corrected chi connectivity index (χ3v) is 5.25. The van der Waals surface area contributed by atoms with Crippen molar-refractivity contribution in [2.75, 3.05) is 27.4 Å². The predicted octanol–water partition coefficient (Wildman–Crippen LogP) is 4.35. The first-order valence-electron chi connectivity index (χ1n) is 10.7. The molecule has 2 aromatic carbocycles. The second-order valence-corrected chi connectivity index (χ2v) is 8.15. The molecule has 1 aliphatic rings. The van der Waals surface area contributed by atoms with Gasteiger partial charge in [-0.15, -0.1) is 0 Å². The molecule has 1 fully saturated rings. The number of aliphatic hydroxyl groups is 1. The molecular weight excluding hydrogens is 422 g/mol. The van der Waals surface area contributed by atoms with Gasteiger partial charge in [0.2, 0.25) is 0 Å². The fourth-order valence-corrected chi connectivity index (χ4v) is 3.59. The molecular formula is C26H29NO6. The van der Waals surface area contributed by atoms with Crippen molar-refractivity contribution in [3.63, 3.8) is 0 Å². The van der Waals surface area contributed by atoms with Gasteiger partial charge in [-0.25, -0.2) is 0 Å². The zero-order valence-corrected chi connectivity index (χ0v) is 19.3. The number of hydrogen-bond acceptors (Lipinski definition) is 6. The van der Waals surface area contributed by atoms with E-state index in [4.69, 9.17) is 14.2 Å². The molecule has 1 aliphatic heterocycles. The van der Waals surface area contributed by atoms with Crippen LogP contribution in [0.4, 0.5) is 0 Å². The number of amides is 1. The SMILES string of the molecule is C=CCOc1ccc(C2C(=C(O)c3ccc(OCC(C)C)cc3)C(=O)C(=O)N2C)cc1OC. The zero-order valence-electron chi connectivity index (χ0n) is 19.3. The Morgan fingerprint density at radius 1 is 1.12 bits per heavy atom. The maximum Gasteiger partial charge on any atom is 0.295 e. The highest BCUT2D eigenvalue weighted by molar-refractivity contribution is 6.46. The summed E-state index contributed by atoms with van der Waals surface area (Å²) in [5.74, 6) is 0.308. The van der Waals surface area contributed by atoms with Crippen LogP contribution in [0, 0.1) is 5.92 Å². The normalized spacial score (nSPS) is 17.4. The number of ether oxygens (including phenoxy) is 3. The Hall–Kier alpha value is -3.74. The average Bonchev–Trinajstić information content (AvgIpc) is 3.05. The van der Waals surface area contributed by atoms with Crippen LogP contribution >= 0.6 is 0 Å². The molecule has 1 unspecified atom stereocenters. The lowest BCUT2D eigenvalue weighted by Gasteiger charge is -2.22. The van der Waals surface area contributed by atoms with E-state index in [1.54, 1.807) is 48.5 Å². The average molecular weight is 452 g/mol. The number of benzene rings is 2. The Morgan fingerprint density at radius 2 is 1.82 bits per heavy atom. The van der Waals surface area contributed by atoms with Crippen LogP contribution in [0.1, 0.15) is 31.0 Å². The number of Topliss-reactive ketones (excluding diaryl/α,β-unsaturated/α-hetero) is 1. The van der Waals surface area contributed by atoms with Gasteiger partial charge in [-0.05, 0) is 47.9 Å². The number of rotatable bonds is 9. The van der Waals surface area contributed by atoms with Crippen molar-refractivity contribution in [1.29, 1.82) is 0 Å². The summed E-state index contributed by atoms with van der Waals surface area (Å²) in [5.41, 5.74) is 1.04. The molecule has 1 N–H and O–H groups in total. The molecule has 1 saturated heterocycles. The molecule has 0 radical (unpaired) electrons. The lowest BCUT2D eigenvalue weighted by Crippen LogP contribution is -2.24. The highest BCUT2D eigenvalue weighted by Gasteiger charge is 2.44. The number of nitrogens with zero attached hydrogens (tertiary/aromatic N) is 1. The summed E-state index contributed by atoms with van der Waals surface area (Å²) in [7, 11) is 3.04. The standard InChI is InChI=1S/C26H29NO6/c1-6-13-32-20-12-9-18(14-21(20)31-5)23-22(25(29)26(30)27(23)4)24(28)17-7-10-19(11-8-17)33-15-16(2)3/h6-12,14,16,23,28H,1,13,15H2,2-5H3. The van der Waals surface area contributed by atoms with Gasteiger partial charge in [0.15, 0.2) is 11.5 Å². The van der Waals surface area contributed by atoms with Crippen LogP contribution in [0.25, 0.3) is 5.76 Å². The van der Waals surface area contributed by atoms with Crippen molar-refractivity contribution in [3.8, 4) is 17.2 Å². The van der Waals surface area contributed by atoms with Gasteiger partial charge in [0.25, 0.3) is 11.7 Å². The monoisotopic (exact) mass is 451 g/mol. The summed E-state index contributed by atoms with van der Waals surface area (Å²) in [5, 5.41) is 11.0. The lowest BCUT2D eigenvalue weighted by atomic mass is 9.95. The highest BCUT2D eigenvalue weighted by Crippen LogP contribution is 2.41. The summed E-state index contributed by atoms with van der Waals surface area (Å²) in [6, 6.07) is 11.1. The Bertz CT molecular complexity index is 1070. The molecule has 0 saturated carbocycles. The number of carbonyl (C=O) groups excluding carboxylic acids is 2. The molecule has 1 amide bonds. The van der Waals surface area contributed by atoms with E-state index >= 15 is 0 Å². The number of hydrogen-bond donors (Lipinski definition) is 1. The fraction of sp³-hybridized carbons (Fsp3) is 0.308. The van der Waals surface area contributed by atoms with E-state index in [2.05, 4.69) is 20.4 Å². The van der Waals surface area contributed by atoms with Crippen molar-refractivity contribution < 1.29 is 28.9 Å². The Labute approximate surface area is 193 Å². The van der Waals surface area contributed by atoms with Gasteiger partial charge < -0.3 is 24.2 Å². The quantitative estimate of drug-likeness (QED) is 0.264. The van der Waals surface area contributed by atoms with E-state index in [0.29, 0.717) is 47.5 Å². The van der Waals surface area contributed by atoms with Gasteiger partial charge >= 0.3 is 0 Å². The van der Waals surface area contributed by atoms with E-state index in [0.717, 1.165) is 0 Å². The van der Waals surface area contributed by atoms with Crippen LogP contribution in [-0.4, -0.2) is 49.1 Å². The smallest absolute Gasteiger partial charge is 0.295 e. The molecule has 7 nitrogen and oxygen atoms in total. The molecule has 3 rings (SSSR count). The molecule has 2 aromatic rings. The van der Waals surface area contributed by atoms with Crippen LogP contribution in [0.5, 0.6) is 17.2 Å². The minimum Gasteiger partial charge on any atom is -0.507 e. The maximum atomic E-state index is 12.8. The second kappa shape index (κ2) is 10.3. The van der Waals surface area contributed by atoms with Crippen LogP contribution in [0.15, 0.2) is 60.7 Å². The highest BCUT2D eigenvalue weighted by atomic mass is 16.5. The Kier molecular flexibility index (Phi) is 7.43. The first kappa shape index (κ1) is 23.9. The maximum absolute atomic E-state index is 12.8. The summed E-state index contributed by atoms with van der Waals surface area (Å²) in [6.07, 6.45) is 1.62. The molecule has 0 spiro atoms. The summed E-state index contributed by atoms with van der Waals surface area (Å²) in [4.78, 5) is 26.7. The van der Waals surface area contributed by atoms with Gasteiger partial charge in [-0.3, -0.25) is 9.59 Å². The molecule has 7 heteroatoms. The predicted molar refractivity (Wildman–Crippen MR) is 126 cm³/mol. The van der Waals surface area contributed by atoms with E-state index < -0.39 is 17.7 Å². The van der Waals surface area contributed by atoms with Crippen LogP contribution in [0.2, 0.25) is 0 Å². The first-order valence-corrected chi connectivity index (χ1v) is 10.7. The molecule has 1 atom stereocenters. The minimum absolute atomic E-state index is 0.0140. The second-order valence-electron chi connectivity index (χ2n) is 8.15. The number of ketones is 1. The third-order valence-electron chi connectivity index (χ3n) is 5.25. The minimum atomic E-state index is -0.774. The van der Waals surface area contributed by atoms with Gasteiger partial charge in [0.05, 0.1) is 25.3 Å². The van der Waals surface area contributed by atoms with E-state index in [-0.39, 0.29) is 11.3 Å². The zero-order chi connectivity index (χ0) is 24.1. The largest absolute Gasteiger partial charge is 0.507 e. The van der Waals surface area contributed by atoms with Gasteiger partial charge in [-0.1, -0.05) is 32.6 Å². The number of likely N-dealkylation sites (N-methyl/N-ethyl adjacent to an activating group) is 1. The van der Waals surface area contributed by atoms with Gasteiger partial charge in [0, 0.05) is 12.6 Å². The summed E-state index contributed by atoms with van der Waals surface area (Å²) >= 11 is 0. The molecule has 0 bridgehead atoms. The van der Waals surface area contributed by atoms with E-state index in [1.807, 2.05) is 0 Å². The van der Waals surface area contributed by atoms with Crippen molar-refractivity contribution in [2.45, 2.75) is 19.9 Å². The van der Waals surface area contributed by atoms with Crippen molar-refractivity contribution in [3.05, 3.63) is 71.8 Å². The molecule has 1 heterocycles. The molecule has 33 heavy (non-hydrogen) atoms. The number of methoxy groups -OCH3 is 1. The molecule has 0 aliphatic carbocycles. The molecule has 0 aromatic heterocycles. The van der Waals surface area contributed by atoms with Gasteiger partial charge in [0.1, 0.15) is 18.1 Å². The number of likely N-dealkylation sites (tertiary alicyclic amines) is 1. The lowest BCUT2D eigenvalue weighted by molar-refractivity contribution is -0.139. The van der Waals surface area contributed by atoms with Crippen molar-refractivity contribution in [1.82, 2.24) is 4.90 Å². The summed E-state index contributed by atoms with van der Waals surface area (Å²) < 4.78 is 16.7. The fourth-order valence-electron chi connectivity index (χ4n) is 3.59. The van der Waals surface area contributed by atoms with Crippen molar-refractivity contribution >= 4 is 17.4 Å². The Morgan fingerprint density at radius 3 is 2.42 bits per heavy atom. The van der Waals surface area contributed by atoms with Crippen LogP contribution in [0.3, 0.4) is 0 Å². The third kappa shape index (κ3) is 5.03.